The highest BCUT2D eigenvalue weighted by Crippen LogP contribution is 2.33. The number of carbonyl (C=O) groups excluding carboxylic acids is 1. The monoisotopic (exact) mass is 278 g/mol. The van der Waals surface area contributed by atoms with E-state index >= 15 is 0 Å². The molecule has 0 aliphatic carbocycles. The van der Waals surface area contributed by atoms with Crippen LogP contribution in [-0.2, 0) is 11.2 Å². The van der Waals surface area contributed by atoms with Crippen molar-refractivity contribution in [1.82, 2.24) is 10.6 Å². The molecular formula is C15H19ClN2O. The summed E-state index contributed by atoms with van der Waals surface area (Å²) < 4.78 is 0. The van der Waals surface area contributed by atoms with Gasteiger partial charge in [-0.25, -0.2) is 0 Å². The molecule has 2 aliphatic rings. The Morgan fingerprint density at radius 1 is 1.32 bits per heavy atom. The van der Waals surface area contributed by atoms with Gasteiger partial charge in [-0.3, -0.25) is 4.79 Å². The molecule has 2 fully saturated rings. The van der Waals surface area contributed by atoms with Crippen molar-refractivity contribution in [3.63, 3.8) is 0 Å². The molecule has 0 spiro atoms. The maximum Gasteiger partial charge on any atom is 0.224 e. The van der Waals surface area contributed by atoms with Crippen LogP contribution in [0.5, 0.6) is 0 Å². The number of carbonyl (C=O) groups is 1. The lowest BCUT2D eigenvalue weighted by molar-refractivity contribution is -0.125. The van der Waals surface area contributed by atoms with Crippen molar-refractivity contribution in [3.05, 3.63) is 34.9 Å². The third-order valence-corrected chi connectivity index (χ3v) is 4.51. The third kappa shape index (κ3) is 2.93. The maximum absolute atomic E-state index is 12.1. The summed E-state index contributed by atoms with van der Waals surface area (Å²) in [7, 11) is 0. The molecule has 2 aliphatic heterocycles. The Morgan fingerprint density at radius 3 is 2.74 bits per heavy atom. The van der Waals surface area contributed by atoms with Crippen molar-refractivity contribution >= 4 is 17.5 Å². The summed E-state index contributed by atoms with van der Waals surface area (Å²) in [6.45, 7) is 0.703. The number of fused-ring (bicyclic) bond motifs is 2. The number of halogens is 1. The van der Waals surface area contributed by atoms with Crippen LogP contribution in [0.3, 0.4) is 0 Å². The Balaban J connectivity index is 1.45. The summed E-state index contributed by atoms with van der Waals surface area (Å²) in [6, 6.07) is 8.79. The summed E-state index contributed by atoms with van der Waals surface area (Å²) in [5.74, 6) is 0.401. The zero-order valence-corrected chi connectivity index (χ0v) is 11.6. The minimum absolute atomic E-state index is 0.184. The Morgan fingerprint density at radius 2 is 2.11 bits per heavy atom. The van der Waals surface area contributed by atoms with Gasteiger partial charge < -0.3 is 10.6 Å². The molecule has 19 heavy (non-hydrogen) atoms. The van der Waals surface area contributed by atoms with Crippen LogP contribution < -0.4 is 10.6 Å². The van der Waals surface area contributed by atoms with Crippen LogP contribution in [0.2, 0.25) is 5.02 Å². The average Bonchev–Trinajstić information content (AvgIpc) is 3.03. The van der Waals surface area contributed by atoms with Crippen molar-refractivity contribution in [3.8, 4) is 0 Å². The number of hydrogen-bond acceptors (Lipinski definition) is 2. The minimum Gasteiger partial charge on any atom is -0.355 e. The predicted molar refractivity (Wildman–Crippen MR) is 76.2 cm³/mol. The Bertz CT molecular complexity index is 460. The molecule has 0 saturated carbocycles. The smallest absolute Gasteiger partial charge is 0.224 e. The fourth-order valence-corrected chi connectivity index (χ4v) is 3.35. The minimum atomic E-state index is 0.184. The van der Waals surface area contributed by atoms with Gasteiger partial charge in [-0.15, -0.1) is 0 Å². The number of rotatable bonds is 4. The van der Waals surface area contributed by atoms with Crippen LogP contribution in [0, 0.1) is 5.92 Å². The summed E-state index contributed by atoms with van der Waals surface area (Å²) in [6.07, 6.45) is 4.26. The lowest BCUT2D eigenvalue weighted by Gasteiger charge is -2.19. The van der Waals surface area contributed by atoms with Gasteiger partial charge in [0.05, 0.1) is 5.92 Å². The molecule has 0 radical (unpaired) electrons. The number of nitrogens with one attached hydrogen (secondary N) is 2. The molecule has 2 saturated heterocycles. The molecule has 3 nitrogen and oxygen atoms in total. The normalized spacial score (nSPS) is 28.6. The first-order valence-corrected chi connectivity index (χ1v) is 7.38. The number of amides is 1. The highest BCUT2D eigenvalue weighted by molar-refractivity contribution is 6.30. The van der Waals surface area contributed by atoms with Crippen molar-refractivity contribution in [2.45, 2.75) is 37.8 Å². The Hall–Kier alpha value is -1.06. The second-order valence-corrected chi connectivity index (χ2v) is 5.99. The fourth-order valence-electron chi connectivity index (χ4n) is 3.23. The molecule has 3 rings (SSSR count). The number of benzene rings is 1. The lowest BCUT2D eigenvalue weighted by Crippen LogP contribution is -2.38. The molecule has 1 amide bonds. The van der Waals surface area contributed by atoms with E-state index in [1.165, 1.54) is 12.0 Å². The molecule has 3 unspecified atom stereocenters. The van der Waals surface area contributed by atoms with E-state index in [-0.39, 0.29) is 11.8 Å². The molecule has 1 aromatic rings. The molecule has 4 heteroatoms. The quantitative estimate of drug-likeness (QED) is 0.886. The number of hydrogen-bond donors (Lipinski definition) is 2. The zero-order valence-electron chi connectivity index (χ0n) is 10.9. The topological polar surface area (TPSA) is 41.1 Å². The first-order valence-electron chi connectivity index (χ1n) is 7.00. The second-order valence-electron chi connectivity index (χ2n) is 5.56. The van der Waals surface area contributed by atoms with Crippen LogP contribution in [-0.4, -0.2) is 24.5 Å². The Labute approximate surface area is 118 Å². The van der Waals surface area contributed by atoms with Crippen LogP contribution in [0.1, 0.15) is 24.8 Å². The second kappa shape index (κ2) is 5.51. The van der Waals surface area contributed by atoms with E-state index in [9.17, 15) is 4.79 Å². The molecule has 3 atom stereocenters. The van der Waals surface area contributed by atoms with Gasteiger partial charge >= 0.3 is 0 Å². The first-order chi connectivity index (χ1) is 9.22. The molecule has 102 valence electrons. The lowest BCUT2D eigenvalue weighted by atomic mass is 9.88. The summed E-state index contributed by atoms with van der Waals surface area (Å²) >= 11 is 5.84. The molecule has 2 bridgehead atoms. The highest BCUT2D eigenvalue weighted by Gasteiger charge is 2.42. The van der Waals surface area contributed by atoms with Gasteiger partial charge in [-0.2, -0.15) is 0 Å². The van der Waals surface area contributed by atoms with Gasteiger partial charge in [-0.05, 0) is 43.4 Å². The maximum atomic E-state index is 12.1. The van der Waals surface area contributed by atoms with Crippen molar-refractivity contribution in [2.24, 2.45) is 5.92 Å². The highest BCUT2D eigenvalue weighted by atomic mass is 35.5. The van der Waals surface area contributed by atoms with Gasteiger partial charge in [0, 0.05) is 23.7 Å². The SMILES string of the molecule is O=C(NCCc1ccc(Cl)cc1)C1CC2CCC1N2. The molecule has 0 aromatic heterocycles. The molecule has 2 heterocycles. The summed E-state index contributed by atoms with van der Waals surface area (Å²) in [5.41, 5.74) is 1.20. The van der Waals surface area contributed by atoms with Gasteiger partial charge in [0.25, 0.3) is 0 Å². The van der Waals surface area contributed by atoms with Crippen molar-refractivity contribution < 1.29 is 4.79 Å². The van der Waals surface area contributed by atoms with Crippen LogP contribution >= 0.6 is 11.6 Å². The van der Waals surface area contributed by atoms with E-state index in [1.807, 2.05) is 24.3 Å². The Kier molecular flexibility index (Phi) is 3.76. The van der Waals surface area contributed by atoms with Crippen LogP contribution in [0.4, 0.5) is 0 Å². The van der Waals surface area contributed by atoms with E-state index in [0.717, 1.165) is 24.3 Å². The van der Waals surface area contributed by atoms with Crippen LogP contribution in [0.25, 0.3) is 0 Å². The van der Waals surface area contributed by atoms with Gasteiger partial charge in [0.1, 0.15) is 0 Å². The predicted octanol–water partition coefficient (Wildman–Crippen LogP) is 2.14. The summed E-state index contributed by atoms with van der Waals surface area (Å²) in [4.78, 5) is 12.1. The van der Waals surface area contributed by atoms with E-state index in [4.69, 9.17) is 11.6 Å². The molecule has 2 N–H and O–H groups in total. The van der Waals surface area contributed by atoms with Crippen molar-refractivity contribution in [2.75, 3.05) is 6.54 Å². The van der Waals surface area contributed by atoms with Crippen molar-refractivity contribution in [1.29, 1.82) is 0 Å². The van der Waals surface area contributed by atoms with Gasteiger partial charge in [0.15, 0.2) is 0 Å². The standard InChI is InChI=1S/C15H19ClN2O/c16-11-3-1-10(2-4-11)7-8-17-15(19)13-9-12-5-6-14(13)18-12/h1-4,12-14,18H,5-9H2,(H,17,19). The van der Waals surface area contributed by atoms with Gasteiger partial charge in [-0.1, -0.05) is 23.7 Å². The third-order valence-electron chi connectivity index (χ3n) is 4.26. The van der Waals surface area contributed by atoms with E-state index in [0.29, 0.717) is 18.6 Å². The average molecular weight is 279 g/mol. The fraction of sp³-hybridized carbons (Fsp3) is 0.533. The molecule has 1 aromatic carbocycles. The summed E-state index contributed by atoms with van der Waals surface area (Å²) in [5, 5.41) is 7.31. The first kappa shape index (κ1) is 12.9. The van der Waals surface area contributed by atoms with Crippen LogP contribution in [0.15, 0.2) is 24.3 Å². The van der Waals surface area contributed by atoms with E-state index < -0.39 is 0 Å². The van der Waals surface area contributed by atoms with E-state index in [1.54, 1.807) is 0 Å². The van der Waals surface area contributed by atoms with Gasteiger partial charge in [0.2, 0.25) is 5.91 Å². The largest absolute Gasteiger partial charge is 0.355 e. The zero-order chi connectivity index (χ0) is 13.2. The van der Waals surface area contributed by atoms with E-state index in [2.05, 4.69) is 10.6 Å². The molecular weight excluding hydrogens is 260 g/mol.